The second-order valence-electron chi connectivity index (χ2n) is 6.15. The molecule has 1 fully saturated rings. The molecular weight excluding hydrogens is 426 g/mol. The fourth-order valence-corrected chi connectivity index (χ4v) is 3.74. The van der Waals surface area contributed by atoms with Crippen LogP contribution in [0.3, 0.4) is 0 Å². The predicted octanol–water partition coefficient (Wildman–Crippen LogP) is 3.68. The summed E-state index contributed by atoms with van der Waals surface area (Å²) in [5.41, 5.74) is 1.75. The Morgan fingerprint density at radius 1 is 1.15 bits per heavy atom. The highest BCUT2D eigenvalue weighted by Crippen LogP contribution is 2.26. The topological polar surface area (TPSA) is 44.8 Å². The summed E-state index contributed by atoms with van der Waals surface area (Å²) in [6, 6.07) is 15.6. The Labute approximate surface area is 173 Å². The molecule has 27 heavy (non-hydrogen) atoms. The lowest BCUT2D eigenvalue weighted by Gasteiger charge is -2.37. The quantitative estimate of drug-likeness (QED) is 0.724. The van der Waals surface area contributed by atoms with E-state index in [1.165, 1.54) is 5.69 Å². The van der Waals surface area contributed by atoms with Gasteiger partial charge in [-0.25, -0.2) is 0 Å². The first-order valence-electron chi connectivity index (χ1n) is 8.91. The van der Waals surface area contributed by atoms with E-state index >= 15 is 0 Å². The Morgan fingerprint density at radius 2 is 1.85 bits per heavy atom. The standard InChI is InChI=1S/C20H22BrN3O2S/c1-2-26-18-9-8-15(14-17(18)21)19(25)22-20(27)24-12-10-23(11-13-24)16-6-4-3-5-7-16/h3-9,14H,2,10-13H2,1H3,(H,22,25,27). The number of carbonyl (C=O) groups is 1. The zero-order valence-corrected chi connectivity index (χ0v) is 17.6. The minimum Gasteiger partial charge on any atom is -0.493 e. The summed E-state index contributed by atoms with van der Waals surface area (Å²) in [4.78, 5) is 16.9. The number of rotatable bonds is 4. The van der Waals surface area contributed by atoms with Crippen molar-refractivity contribution in [1.82, 2.24) is 10.2 Å². The van der Waals surface area contributed by atoms with Crippen LogP contribution in [0.4, 0.5) is 5.69 Å². The Morgan fingerprint density at radius 3 is 2.48 bits per heavy atom. The SMILES string of the molecule is CCOc1ccc(C(=O)NC(=S)N2CCN(c3ccccc3)CC2)cc1Br. The summed E-state index contributed by atoms with van der Waals surface area (Å²) in [5.74, 6) is 0.503. The van der Waals surface area contributed by atoms with Crippen molar-refractivity contribution in [3.8, 4) is 5.75 Å². The van der Waals surface area contributed by atoms with E-state index in [2.05, 4.69) is 38.3 Å². The van der Waals surface area contributed by atoms with Gasteiger partial charge in [0.15, 0.2) is 5.11 Å². The fourth-order valence-electron chi connectivity index (χ4n) is 2.97. The third-order valence-electron chi connectivity index (χ3n) is 4.40. The van der Waals surface area contributed by atoms with Crippen molar-refractivity contribution in [2.45, 2.75) is 6.92 Å². The minimum atomic E-state index is -0.214. The minimum absolute atomic E-state index is 0.214. The summed E-state index contributed by atoms with van der Waals surface area (Å²) < 4.78 is 6.23. The van der Waals surface area contributed by atoms with E-state index in [1.807, 2.05) is 30.0 Å². The molecule has 0 saturated carbocycles. The molecule has 0 unspecified atom stereocenters. The molecule has 0 atom stereocenters. The number of hydrogen-bond donors (Lipinski definition) is 1. The summed E-state index contributed by atoms with van der Waals surface area (Å²) in [5, 5.41) is 3.31. The Bertz CT molecular complexity index is 808. The monoisotopic (exact) mass is 447 g/mol. The number of nitrogens with zero attached hydrogens (tertiary/aromatic N) is 2. The van der Waals surface area contributed by atoms with Crippen LogP contribution in [0.15, 0.2) is 53.0 Å². The van der Waals surface area contributed by atoms with Crippen molar-refractivity contribution in [3.05, 3.63) is 58.6 Å². The van der Waals surface area contributed by atoms with E-state index in [-0.39, 0.29) is 5.91 Å². The molecule has 1 heterocycles. The smallest absolute Gasteiger partial charge is 0.257 e. The first kappa shape index (κ1) is 19.6. The highest BCUT2D eigenvalue weighted by Gasteiger charge is 2.21. The third-order valence-corrected chi connectivity index (χ3v) is 5.38. The number of amides is 1. The van der Waals surface area contributed by atoms with Gasteiger partial charge in [-0.15, -0.1) is 0 Å². The number of carbonyl (C=O) groups excluding carboxylic acids is 1. The van der Waals surface area contributed by atoms with Crippen LogP contribution in [0.25, 0.3) is 0 Å². The predicted molar refractivity (Wildman–Crippen MR) is 116 cm³/mol. The Kier molecular flexibility index (Phi) is 6.68. The fraction of sp³-hybridized carbons (Fsp3) is 0.300. The number of benzene rings is 2. The maximum absolute atomic E-state index is 12.5. The van der Waals surface area contributed by atoms with Gasteiger partial charge >= 0.3 is 0 Å². The molecule has 0 aromatic heterocycles. The molecule has 0 spiro atoms. The van der Waals surface area contributed by atoms with Gasteiger partial charge in [-0.3, -0.25) is 10.1 Å². The zero-order chi connectivity index (χ0) is 19.2. The third kappa shape index (κ3) is 4.99. The first-order valence-corrected chi connectivity index (χ1v) is 10.1. The molecule has 5 nitrogen and oxygen atoms in total. The van der Waals surface area contributed by atoms with Crippen molar-refractivity contribution in [2.24, 2.45) is 0 Å². The molecule has 0 bridgehead atoms. The van der Waals surface area contributed by atoms with E-state index in [0.717, 1.165) is 30.7 Å². The number of anilines is 1. The van der Waals surface area contributed by atoms with E-state index in [0.29, 0.717) is 23.0 Å². The lowest BCUT2D eigenvalue weighted by Crippen LogP contribution is -2.52. The van der Waals surface area contributed by atoms with Crippen LogP contribution in [0.1, 0.15) is 17.3 Å². The summed E-state index contributed by atoms with van der Waals surface area (Å²) in [6.07, 6.45) is 0. The van der Waals surface area contributed by atoms with E-state index in [4.69, 9.17) is 17.0 Å². The van der Waals surface area contributed by atoms with Gasteiger partial charge in [0, 0.05) is 37.4 Å². The molecular formula is C20H22BrN3O2S. The summed E-state index contributed by atoms with van der Waals surface area (Å²) >= 11 is 8.88. The van der Waals surface area contributed by atoms with Crippen molar-refractivity contribution >= 4 is 44.9 Å². The average molecular weight is 448 g/mol. The van der Waals surface area contributed by atoms with E-state index in [1.54, 1.807) is 18.2 Å². The van der Waals surface area contributed by atoms with Crippen LogP contribution in [-0.4, -0.2) is 48.7 Å². The normalized spacial score (nSPS) is 14.0. The summed E-state index contributed by atoms with van der Waals surface area (Å²) in [7, 11) is 0. The number of halogens is 1. The van der Waals surface area contributed by atoms with Gasteiger partial charge in [-0.05, 0) is 65.4 Å². The van der Waals surface area contributed by atoms with E-state index in [9.17, 15) is 4.79 Å². The average Bonchev–Trinajstić information content (AvgIpc) is 2.70. The van der Waals surface area contributed by atoms with Gasteiger partial charge < -0.3 is 14.5 Å². The number of ether oxygens (including phenoxy) is 1. The molecule has 2 aromatic rings. The molecule has 142 valence electrons. The second kappa shape index (κ2) is 9.19. The summed E-state index contributed by atoms with van der Waals surface area (Å²) in [6.45, 7) is 5.79. The van der Waals surface area contributed by atoms with Crippen molar-refractivity contribution in [3.63, 3.8) is 0 Å². The highest BCUT2D eigenvalue weighted by atomic mass is 79.9. The molecule has 7 heteroatoms. The van der Waals surface area contributed by atoms with Crippen LogP contribution in [0.2, 0.25) is 0 Å². The Hall–Kier alpha value is -2.12. The molecule has 1 aliphatic heterocycles. The first-order chi connectivity index (χ1) is 13.1. The van der Waals surface area contributed by atoms with Crippen molar-refractivity contribution < 1.29 is 9.53 Å². The number of thiocarbonyl (C=S) groups is 1. The number of hydrogen-bond acceptors (Lipinski definition) is 4. The highest BCUT2D eigenvalue weighted by molar-refractivity contribution is 9.10. The van der Waals surface area contributed by atoms with Crippen LogP contribution in [0, 0.1) is 0 Å². The molecule has 1 saturated heterocycles. The molecule has 2 aromatic carbocycles. The van der Waals surface area contributed by atoms with E-state index < -0.39 is 0 Å². The molecule has 1 amide bonds. The maximum atomic E-state index is 12.5. The van der Waals surface area contributed by atoms with Gasteiger partial charge in [0.2, 0.25) is 0 Å². The number of nitrogens with one attached hydrogen (secondary N) is 1. The van der Waals surface area contributed by atoms with Gasteiger partial charge in [-0.2, -0.15) is 0 Å². The second-order valence-corrected chi connectivity index (χ2v) is 7.39. The number of para-hydroxylation sites is 1. The van der Waals surface area contributed by atoms with Crippen molar-refractivity contribution in [1.29, 1.82) is 0 Å². The Balaban J connectivity index is 1.55. The van der Waals surface area contributed by atoms with Gasteiger partial charge in [0.1, 0.15) is 5.75 Å². The lowest BCUT2D eigenvalue weighted by atomic mass is 10.2. The van der Waals surface area contributed by atoms with Gasteiger partial charge in [0.25, 0.3) is 5.91 Å². The van der Waals surface area contributed by atoms with Crippen LogP contribution in [0.5, 0.6) is 5.75 Å². The maximum Gasteiger partial charge on any atom is 0.257 e. The lowest BCUT2D eigenvalue weighted by molar-refractivity contribution is 0.0973. The molecule has 1 aliphatic rings. The number of piperazine rings is 1. The molecule has 1 N–H and O–H groups in total. The molecule has 3 rings (SSSR count). The molecule has 0 radical (unpaired) electrons. The van der Waals surface area contributed by atoms with Crippen LogP contribution in [-0.2, 0) is 0 Å². The zero-order valence-electron chi connectivity index (χ0n) is 15.2. The van der Waals surface area contributed by atoms with Crippen molar-refractivity contribution in [2.75, 3.05) is 37.7 Å². The largest absolute Gasteiger partial charge is 0.493 e. The van der Waals surface area contributed by atoms with Crippen LogP contribution >= 0.6 is 28.1 Å². The molecule has 0 aliphatic carbocycles. The van der Waals surface area contributed by atoms with Gasteiger partial charge in [-0.1, -0.05) is 18.2 Å². The van der Waals surface area contributed by atoms with Crippen LogP contribution < -0.4 is 15.0 Å². The van der Waals surface area contributed by atoms with Gasteiger partial charge in [0.05, 0.1) is 11.1 Å².